The quantitative estimate of drug-likeness (QED) is 0.573. The average molecular weight is 379 g/mol. The molecule has 4 bridgehead atoms. The lowest BCUT2D eigenvalue weighted by atomic mass is 9.48. The van der Waals surface area contributed by atoms with Crippen LogP contribution in [0.4, 0.5) is 0 Å². The van der Waals surface area contributed by atoms with Crippen LogP contribution in [0.3, 0.4) is 0 Å². The van der Waals surface area contributed by atoms with Crippen molar-refractivity contribution in [1.29, 1.82) is 0 Å². The van der Waals surface area contributed by atoms with Crippen molar-refractivity contribution in [2.45, 2.75) is 70.9 Å². The Kier molecular flexibility index (Phi) is 5.04. The van der Waals surface area contributed by atoms with Gasteiger partial charge in [0.25, 0.3) is 0 Å². The fraction of sp³-hybridized carbons (Fsp3) is 0.640. The number of ether oxygens (including phenoxy) is 1. The largest absolute Gasteiger partial charge is 0.376 e. The van der Waals surface area contributed by atoms with E-state index >= 15 is 0 Å². The van der Waals surface area contributed by atoms with E-state index in [0.717, 1.165) is 43.7 Å². The average Bonchev–Trinajstić information content (AvgIpc) is 3.16. The fourth-order valence-corrected chi connectivity index (χ4v) is 6.95. The first-order valence-electron chi connectivity index (χ1n) is 11.3. The van der Waals surface area contributed by atoms with Crippen LogP contribution in [0, 0.1) is 30.1 Å². The molecule has 150 valence electrons. The van der Waals surface area contributed by atoms with Crippen molar-refractivity contribution in [3.63, 3.8) is 0 Å². The molecule has 0 aliphatic heterocycles. The minimum Gasteiger partial charge on any atom is -0.376 e. The van der Waals surface area contributed by atoms with Crippen molar-refractivity contribution in [1.82, 2.24) is 9.55 Å². The summed E-state index contributed by atoms with van der Waals surface area (Å²) in [5, 5.41) is 0. The molecule has 4 saturated carbocycles. The minimum absolute atomic E-state index is 0.340. The first-order chi connectivity index (χ1) is 13.7. The molecule has 0 saturated heterocycles. The zero-order valence-electron chi connectivity index (χ0n) is 17.2. The van der Waals surface area contributed by atoms with E-state index in [1.165, 1.54) is 49.7 Å². The number of aromatic nitrogens is 2. The SMILES string of the molecule is Cc1cccc(CCCOC(Cn2ccnc2)C23CC4CC(CC(C4)C2)C3)c1. The van der Waals surface area contributed by atoms with Crippen LogP contribution in [0.2, 0.25) is 0 Å². The van der Waals surface area contributed by atoms with Gasteiger partial charge in [-0.2, -0.15) is 0 Å². The molecule has 2 aromatic rings. The van der Waals surface area contributed by atoms with Crippen molar-refractivity contribution < 1.29 is 4.74 Å². The maximum absolute atomic E-state index is 6.70. The van der Waals surface area contributed by atoms with Gasteiger partial charge in [-0.25, -0.2) is 4.98 Å². The molecule has 1 aromatic carbocycles. The second kappa shape index (κ2) is 7.67. The van der Waals surface area contributed by atoms with Crippen molar-refractivity contribution in [2.24, 2.45) is 23.2 Å². The van der Waals surface area contributed by atoms with Gasteiger partial charge in [0.15, 0.2) is 0 Å². The zero-order valence-corrected chi connectivity index (χ0v) is 17.2. The summed E-state index contributed by atoms with van der Waals surface area (Å²) in [7, 11) is 0. The Bertz CT molecular complexity index is 746. The van der Waals surface area contributed by atoms with Gasteiger partial charge in [0.2, 0.25) is 0 Å². The zero-order chi connectivity index (χ0) is 19.0. The van der Waals surface area contributed by atoms with Crippen LogP contribution >= 0.6 is 0 Å². The van der Waals surface area contributed by atoms with E-state index in [1.54, 1.807) is 0 Å². The molecule has 0 N–H and O–H groups in total. The summed E-state index contributed by atoms with van der Waals surface area (Å²) >= 11 is 0. The number of rotatable bonds is 8. The third kappa shape index (κ3) is 3.78. The van der Waals surface area contributed by atoms with Gasteiger partial charge in [-0.3, -0.25) is 0 Å². The molecule has 1 heterocycles. The standard InChI is InChI=1S/C25H34N2O/c1-19-4-2-5-20(10-19)6-3-9-28-24(17-27-8-7-26-18-27)25-14-21-11-22(15-25)13-23(12-21)16-25/h2,4-5,7-8,10,18,21-24H,3,6,9,11-17H2,1H3. The maximum Gasteiger partial charge on any atom is 0.0946 e. The first-order valence-corrected chi connectivity index (χ1v) is 11.3. The van der Waals surface area contributed by atoms with E-state index in [4.69, 9.17) is 4.74 Å². The lowest BCUT2D eigenvalue weighted by Crippen LogP contribution is -2.53. The predicted molar refractivity (Wildman–Crippen MR) is 112 cm³/mol. The van der Waals surface area contributed by atoms with Gasteiger partial charge in [0.05, 0.1) is 19.0 Å². The summed E-state index contributed by atoms with van der Waals surface area (Å²) in [5.74, 6) is 2.90. The number of nitrogens with zero attached hydrogens (tertiary/aromatic N) is 2. The van der Waals surface area contributed by atoms with Crippen molar-refractivity contribution >= 4 is 0 Å². The highest BCUT2D eigenvalue weighted by Gasteiger charge is 2.54. The molecule has 0 amide bonds. The molecule has 4 fully saturated rings. The van der Waals surface area contributed by atoms with Crippen LogP contribution in [0.5, 0.6) is 0 Å². The Morgan fingerprint density at radius 2 is 1.89 bits per heavy atom. The molecule has 3 nitrogen and oxygen atoms in total. The molecule has 1 aromatic heterocycles. The number of hydrogen-bond acceptors (Lipinski definition) is 2. The Balaban J connectivity index is 1.26. The molecule has 1 unspecified atom stereocenters. The second-order valence-electron chi connectivity index (χ2n) is 9.99. The van der Waals surface area contributed by atoms with Crippen molar-refractivity contribution in [3.8, 4) is 0 Å². The molecule has 4 aliphatic rings. The summed E-state index contributed by atoms with van der Waals surface area (Å²) in [6, 6.07) is 8.90. The predicted octanol–water partition coefficient (Wildman–Crippen LogP) is 5.43. The van der Waals surface area contributed by atoms with E-state index in [1.807, 2.05) is 12.5 Å². The maximum atomic E-state index is 6.70. The Hall–Kier alpha value is -1.61. The topological polar surface area (TPSA) is 27.1 Å². The monoisotopic (exact) mass is 378 g/mol. The van der Waals surface area contributed by atoms with Crippen LogP contribution in [0.1, 0.15) is 56.1 Å². The Labute approximate surface area is 169 Å². The minimum atomic E-state index is 0.340. The van der Waals surface area contributed by atoms with Crippen LogP contribution in [-0.4, -0.2) is 22.3 Å². The molecule has 28 heavy (non-hydrogen) atoms. The fourth-order valence-electron chi connectivity index (χ4n) is 6.95. The third-order valence-electron chi connectivity index (χ3n) is 7.72. The summed E-state index contributed by atoms with van der Waals surface area (Å²) in [4.78, 5) is 4.27. The van der Waals surface area contributed by atoms with E-state index in [0.29, 0.717) is 11.5 Å². The number of aryl methyl sites for hydroxylation is 2. The molecule has 3 heteroatoms. The smallest absolute Gasteiger partial charge is 0.0946 e. The van der Waals surface area contributed by atoms with Gasteiger partial charge in [-0.05, 0) is 87.0 Å². The molecule has 6 rings (SSSR count). The van der Waals surface area contributed by atoms with Crippen molar-refractivity contribution in [2.75, 3.05) is 6.61 Å². The van der Waals surface area contributed by atoms with Crippen LogP contribution in [-0.2, 0) is 17.7 Å². The van der Waals surface area contributed by atoms with Gasteiger partial charge in [-0.1, -0.05) is 29.8 Å². The van der Waals surface area contributed by atoms with E-state index < -0.39 is 0 Å². The number of imidazole rings is 1. The Morgan fingerprint density at radius 1 is 1.14 bits per heavy atom. The summed E-state index contributed by atoms with van der Waals surface area (Å²) in [5.41, 5.74) is 3.21. The van der Waals surface area contributed by atoms with Crippen molar-refractivity contribution in [3.05, 3.63) is 54.1 Å². The van der Waals surface area contributed by atoms with Gasteiger partial charge in [-0.15, -0.1) is 0 Å². The third-order valence-corrected chi connectivity index (χ3v) is 7.72. The second-order valence-corrected chi connectivity index (χ2v) is 9.99. The molecule has 0 radical (unpaired) electrons. The van der Waals surface area contributed by atoms with Gasteiger partial charge in [0.1, 0.15) is 0 Å². The molecule has 0 spiro atoms. The van der Waals surface area contributed by atoms with Gasteiger partial charge >= 0.3 is 0 Å². The summed E-state index contributed by atoms with van der Waals surface area (Å²) in [6.07, 6.45) is 17.2. The Morgan fingerprint density at radius 3 is 2.54 bits per heavy atom. The van der Waals surface area contributed by atoms with Gasteiger partial charge < -0.3 is 9.30 Å². The molecular formula is C25H34N2O. The van der Waals surface area contributed by atoms with Crippen LogP contribution < -0.4 is 0 Å². The van der Waals surface area contributed by atoms with Crippen LogP contribution in [0.15, 0.2) is 43.0 Å². The highest BCUT2D eigenvalue weighted by Crippen LogP contribution is 2.61. The highest BCUT2D eigenvalue weighted by molar-refractivity contribution is 5.22. The first kappa shape index (κ1) is 18.4. The summed E-state index contributed by atoms with van der Waals surface area (Å²) < 4.78 is 8.94. The molecular weight excluding hydrogens is 344 g/mol. The van der Waals surface area contributed by atoms with Crippen LogP contribution in [0.25, 0.3) is 0 Å². The normalized spacial score (nSPS) is 32.0. The molecule has 1 atom stereocenters. The van der Waals surface area contributed by atoms with E-state index in [-0.39, 0.29) is 0 Å². The van der Waals surface area contributed by atoms with E-state index in [9.17, 15) is 0 Å². The van der Waals surface area contributed by atoms with E-state index in [2.05, 4.69) is 46.9 Å². The molecule has 4 aliphatic carbocycles. The lowest BCUT2D eigenvalue weighted by Gasteiger charge is -2.59. The van der Waals surface area contributed by atoms with Gasteiger partial charge in [0, 0.05) is 19.0 Å². The summed E-state index contributed by atoms with van der Waals surface area (Å²) in [6.45, 7) is 4.01. The number of hydrogen-bond donors (Lipinski definition) is 0. The highest BCUT2D eigenvalue weighted by atomic mass is 16.5. The number of benzene rings is 1. The lowest BCUT2D eigenvalue weighted by molar-refractivity contribution is -0.147.